The van der Waals surface area contributed by atoms with Gasteiger partial charge in [-0.1, -0.05) is 12.1 Å². The number of nitrogens with zero attached hydrogens (tertiary/aromatic N) is 1. The maximum absolute atomic E-state index is 5.49. The fourth-order valence-corrected chi connectivity index (χ4v) is 2.73. The third-order valence-corrected chi connectivity index (χ3v) is 4.66. The van der Waals surface area contributed by atoms with Gasteiger partial charge in [-0.3, -0.25) is 4.99 Å². The number of aliphatic imine (C=N–C) groups is 1. The van der Waals surface area contributed by atoms with Gasteiger partial charge in [-0.25, -0.2) is 0 Å². The highest BCUT2D eigenvalue weighted by atomic mass is 127. The Balaban J connectivity index is 0.00000312. The number of nitrogens with one attached hydrogen (secondary N) is 2. The SMILES string of the molecule is CCOCCC1(CNC(=NC)NCCc2ccc(OC)cc2)CC1.I. The molecule has 1 fully saturated rings. The molecule has 0 aliphatic heterocycles. The Morgan fingerprint density at radius 3 is 2.48 bits per heavy atom. The minimum Gasteiger partial charge on any atom is -0.497 e. The second-order valence-electron chi connectivity index (χ2n) is 6.40. The van der Waals surface area contributed by atoms with Crippen LogP contribution in [0, 0.1) is 5.41 Å². The Labute approximate surface area is 169 Å². The van der Waals surface area contributed by atoms with Gasteiger partial charge in [0.05, 0.1) is 7.11 Å². The number of ether oxygens (including phenoxy) is 2. The minimum absolute atomic E-state index is 0. The number of methoxy groups -OCH3 is 1. The molecular weight excluding hydrogens is 429 g/mol. The van der Waals surface area contributed by atoms with Crippen LogP contribution in [0.3, 0.4) is 0 Å². The van der Waals surface area contributed by atoms with E-state index in [-0.39, 0.29) is 24.0 Å². The van der Waals surface area contributed by atoms with E-state index in [1.807, 2.05) is 26.1 Å². The summed E-state index contributed by atoms with van der Waals surface area (Å²) in [6.45, 7) is 5.55. The Morgan fingerprint density at radius 1 is 1.20 bits per heavy atom. The monoisotopic (exact) mass is 461 g/mol. The standard InChI is InChI=1S/C19H31N3O2.HI/c1-4-24-14-12-19(10-11-19)15-22-18(20-2)21-13-9-16-5-7-17(23-3)8-6-16;/h5-8H,4,9-15H2,1-3H3,(H2,20,21,22);1H. The molecule has 1 aromatic carbocycles. The maximum atomic E-state index is 5.49. The van der Waals surface area contributed by atoms with E-state index in [1.165, 1.54) is 18.4 Å². The highest BCUT2D eigenvalue weighted by Crippen LogP contribution is 2.48. The van der Waals surface area contributed by atoms with Gasteiger partial charge in [0.1, 0.15) is 5.75 Å². The average molecular weight is 461 g/mol. The Kier molecular flexibility index (Phi) is 10.2. The van der Waals surface area contributed by atoms with Gasteiger partial charge in [-0.15, -0.1) is 24.0 Å². The first-order chi connectivity index (χ1) is 11.7. The number of halogens is 1. The lowest BCUT2D eigenvalue weighted by atomic mass is 10.0. The first kappa shape index (κ1) is 22.0. The van der Waals surface area contributed by atoms with Crippen molar-refractivity contribution in [3.05, 3.63) is 29.8 Å². The van der Waals surface area contributed by atoms with Crippen LogP contribution in [0.5, 0.6) is 5.75 Å². The Bertz CT molecular complexity index is 516. The summed E-state index contributed by atoms with van der Waals surface area (Å²) in [5.41, 5.74) is 1.71. The Morgan fingerprint density at radius 2 is 1.92 bits per heavy atom. The van der Waals surface area contributed by atoms with Gasteiger partial charge >= 0.3 is 0 Å². The lowest BCUT2D eigenvalue weighted by Crippen LogP contribution is -2.41. The van der Waals surface area contributed by atoms with Crippen LogP contribution >= 0.6 is 24.0 Å². The average Bonchev–Trinajstić information content (AvgIpc) is 3.39. The summed E-state index contributed by atoms with van der Waals surface area (Å²) in [4.78, 5) is 4.32. The third-order valence-electron chi connectivity index (χ3n) is 4.66. The summed E-state index contributed by atoms with van der Waals surface area (Å²) in [5.74, 6) is 1.78. The van der Waals surface area contributed by atoms with Crippen molar-refractivity contribution in [2.24, 2.45) is 10.4 Å². The van der Waals surface area contributed by atoms with Gasteiger partial charge in [-0.05, 0) is 55.7 Å². The van der Waals surface area contributed by atoms with Crippen molar-refractivity contribution in [2.75, 3.05) is 40.5 Å². The van der Waals surface area contributed by atoms with Crippen LogP contribution in [-0.2, 0) is 11.2 Å². The number of rotatable bonds is 10. The number of benzene rings is 1. The van der Waals surface area contributed by atoms with Crippen molar-refractivity contribution in [1.29, 1.82) is 0 Å². The molecule has 0 bridgehead atoms. The molecule has 1 aromatic rings. The first-order valence-electron chi connectivity index (χ1n) is 8.86. The zero-order valence-corrected chi connectivity index (χ0v) is 18.0. The third kappa shape index (κ3) is 7.81. The second kappa shape index (κ2) is 11.6. The molecule has 142 valence electrons. The topological polar surface area (TPSA) is 54.9 Å². The molecule has 0 aromatic heterocycles. The molecule has 2 rings (SSSR count). The predicted molar refractivity (Wildman–Crippen MR) is 114 cm³/mol. The summed E-state index contributed by atoms with van der Waals surface area (Å²) in [6.07, 6.45) is 4.67. The van der Waals surface area contributed by atoms with E-state index in [2.05, 4.69) is 27.8 Å². The predicted octanol–water partition coefficient (Wildman–Crippen LogP) is 3.23. The van der Waals surface area contributed by atoms with Gasteiger partial charge in [-0.2, -0.15) is 0 Å². The van der Waals surface area contributed by atoms with E-state index in [0.29, 0.717) is 5.41 Å². The molecule has 0 radical (unpaired) electrons. The van der Waals surface area contributed by atoms with Crippen molar-refractivity contribution in [2.45, 2.75) is 32.6 Å². The van der Waals surface area contributed by atoms with Crippen molar-refractivity contribution in [3.8, 4) is 5.75 Å². The molecule has 0 saturated heterocycles. The van der Waals surface area contributed by atoms with Crippen LogP contribution < -0.4 is 15.4 Å². The lowest BCUT2D eigenvalue weighted by molar-refractivity contribution is 0.128. The van der Waals surface area contributed by atoms with Crippen LogP contribution in [-0.4, -0.2) is 46.4 Å². The van der Waals surface area contributed by atoms with E-state index in [4.69, 9.17) is 9.47 Å². The van der Waals surface area contributed by atoms with Crippen LogP contribution in [0.4, 0.5) is 0 Å². The smallest absolute Gasteiger partial charge is 0.191 e. The van der Waals surface area contributed by atoms with E-state index in [1.54, 1.807) is 7.11 Å². The van der Waals surface area contributed by atoms with E-state index in [0.717, 1.165) is 50.9 Å². The quantitative estimate of drug-likeness (QED) is 0.243. The fourth-order valence-electron chi connectivity index (χ4n) is 2.73. The maximum Gasteiger partial charge on any atom is 0.191 e. The van der Waals surface area contributed by atoms with Crippen LogP contribution in [0.1, 0.15) is 31.7 Å². The minimum atomic E-state index is 0. The molecule has 25 heavy (non-hydrogen) atoms. The molecule has 1 saturated carbocycles. The summed E-state index contributed by atoms with van der Waals surface area (Å²) in [7, 11) is 3.51. The zero-order valence-electron chi connectivity index (χ0n) is 15.6. The molecule has 2 N–H and O–H groups in total. The second-order valence-corrected chi connectivity index (χ2v) is 6.40. The van der Waals surface area contributed by atoms with Gasteiger partial charge in [0.25, 0.3) is 0 Å². The molecule has 0 unspecified atom stereocenters. The normalized spacial score (nSPS) is 15.2. The van der Waals surface area contributed by atoms with Crippen molar-refractivity contribution >= 4 is 29.9 Å². The largest absolute Gasteiger partial charge is 0.497 e. The highest BCUT2D eigenvalue weighted by molar-refractivity contribution is 14.0. The molecule has 0 amide bonds. The fraction of sp³-hybridized carbons (Fsp3) is 0.632. The molecule has 1 aliphatic carbocycles. The molecular formula is C19H32IN3O2. The molecule has 6 heteroatoms. The first-order valence-corrected chi connectivity index (χ1v) is 8.86. The van der Waals surface area contributed by atoms with Crippen LogP contribution in [0.2, 0.25) is 0 Å². The number of guanidine groups is 1. The lowest BCUT2D eigenvalue weighted by Gasteiger charge is -2.18. The number of hydrogen-bond donors (Lipinski definition) is 2. The molecule has 5 nitrogen and oxygen atoms in total. The molecule has 1 aliphatic rings. The summed E-state index contributed by atoms with van der Waals surface area (Å²) in [5, 5.41) is 6.86. The van der Waals surface area contributed by atoms with Gasteiger partial charge in [0.2, 0.25) is 0 Å². The zero-order chi connectivity index (χ0) is 17.3. The van der Waals surface area contributed by atoms with E-state index >= 15 is 0 Å². The molecule has 0 spiro atoms. The Hall–Kier alpha value is -1.02. The number of hydrogen-bond acceptors (Lipinski definition) is 3. The van der Waals surface area contributed by atoms with Crippen molar-refractivity contribution in [3.63, 3.8) is 0 Å². The van der Waals surface area contributed by atoms with Gasteiger partial charge in [0, 0.05) is 33.4 Å². The molecule has 0 atom stereocenters. The van der Waals surface area contributed by atoms with Crippen molar-refractivity contribution in [1.82, 2.24) is 10.6 Å². The van der Waals surface area contributed by atoms with E-state index < -0.39 is 0 Å². The highest BCUT2D eigenvalue weighted by Gasteiger charge is 2.41. The van der Waals surface area contributed by atoms with Crippen LogP contribution in [0.15, 0.2) is 29.3 Å². The van der Waals surface area contributed by atoms with Crippen molar-refractivity contribution < 1.29 is 9.47 Å². The van der Waals surface area contributed by atoms with Crippen LogP contribution in [0.25, 0.3) is 0 Å². The summed E-state index contributed by atoms with van der Waals surface area (Å²) >= 11 is 0. The van der Waals surface area contributed by atoms with E-state index in [9.17, 15) is 0 Å². The summed E-state index contributed by atoms with van der Waals surface area (Å²) < 4.78 is 10.7. The van der Waals surface area contributed by atoms with Gasteiger partial charge in [0.15, 0.2) is 5.96 Å². The summed E-state index contributed by atoms with van der Waals surface area (Å²) in [6, 6.07) is 8.20. The van der Waals surface area contributed by atoms with Gasteiger partial charge < -0.3 is 20.1 Å². The molecule has 0 heterocycles.